The molecule has 0 bridgehead atoms. The summed E-state index contributed by atoms with van der Waals surface area (Å²) in [4.78, 5) is 9.12. The van der Waals surface area contributed by atoms with Crippen LogP contribution in [-0.4, -0.2) is 47.1 Å². The number of aromatic nitrogens is 2. The van der Waals surface area contributed by atoms with Crippen LogP contribution in [0.4, 0.5) is 0 Å². The van der Waals surface area contributed by atoms with Crippen LogP contribution in [0.15, 0.2) is 59.2 Å². The smallest absolute Gasteiger partial charge is 0.211 e. The Labute approximate surface area is 203 Å². The summed E-state index contributed by atoms with van der Waals surface area (Å²) in [5, 5.41) is 9.63. The Hall–Kier alpha value is -2.33. The highest BCUT2D eigenvalue weighted by molar-refractivity contribution is 9.10. The minimum atomic E-state index is -3.32. The maximum Gasteiger partial charge on any atom is 0.211 e. The fourth-order valence-corrected chi connectivity index (χ4v) is 4.77. The summed E-state index contributed by atoms with van der Waals surface area (Å²) < 4.78 is 26.4. The van der Waals surface area contributed by atoms with E-state index in [1.54, 1.807) is 12.3 Å². The molecule has 3 aromatic rings. The van der Waals surface area contributed by atoms with E-state index in [4.69, 9.17) is 10.7 Å². The first-order valence-electron chi connectivity index (χ1n) is 10.8. The van der Waals surface area contributed by atoms with Gasteiger partial charge in [0.15, 0.2) is 0 Å². The van der Waals surface area contributed by atoms with E-state index < -0.39 is 10.0 Å². The summed E-state index contributed by atoms with van der Waals surface area (Å²) in [6.45, 7) is 1.14. The van der Waals surface area contributed by atoms with Crippen LogP contribution in [0.1, 0.15) is 29.8 Å². The van der Waals surface area contributed by atoms with Gasteiger partial charge in [-0.15, -0.1) is 0 Å². The second-order valence-corrected chi connectivity index (χ2v) is 10.8. The second kappa shape index (κ2) is 11.7. The van der Waals surface area contributed by atoms with Gasteiger partial charge in [-0.25, -0.2) is 18.4 Å². The standard InChI is InChI=1S/C24H29BrN4O3S/c1-33(31,32)29(14-4-12-26)17-19-6-2-7-20(15-19)22-11-13-27-24(28-22)8-3-5-18-9-10-23(30)21(25)16-18/h2,6-7,9-11,13,15-16,30H,3-5,8,12,14,17,26H2,1H3. The Bertz CT molecular complexity index is 1190. The maximum absolute atomic E-state index is 12.1. The number of hydrogen-bond donors (Lipinski definition) is 2. The molecule has 0 aliphatic carbocycles. The largest absolute Gasteiger partial charge is 0.507 e. The molecule has 0 fully saturated rings. The lowest BCUT2D eigenvalue weighted by Gasteiger charge is -2.20. The molecule has 0 unspecified atom stereocenters. The van der Waals surface area contributed by atoms with E-state index in [0.717, 1.165) is 47.5 Å². The Balaban J connectivity index is 1.68. The number of sulfonamides is 1. The summed E-state index contributed by atoms with van der Waals surface area (Å²) in [6.07, 6.45) is 6.06. The fraction of sp³-hybridized carbons (Fsp3) is 0.333. The second-order valence-electron chi connectivity index (χ2n) is 7.94. The molecule has 0 radical (unpaired) electrons. The molecule has 0 atom stereocenters. The van der Waals surface area contributed by atoms with E-state index in [0.29, 0.717) is 30.5 Å². The van der Waals surface area contributed by atoms with Crippen molar-refractivity contribution in [2.45, 2.75) is 32.2 Å². The molecule has 0 amide bonds. The maximum atomic E-state index is 12.1. The van der Waals surface area contributed by atoms with Crippen molar-refractivity contribution in [2.24, 2.45) is 5.73 Å². The van der Waals surface area contributed by atoms with Crippen LogP contribution in [0.25, 0.3) is 11.3 Å². The molecule has 0 saturated heterocycles. The monoisotopic (exact) mass is 532 g/mol. The van der Waals surface area contributed by atoms with Gasteiger partial charge in [0.25, 0.3) is 0 Å². The van der Waals surface area contributed by atoms with Crippen LogP contribution < -0.4 is 5.73 Å². The zero-order chi connectivity index (χ0) is 23.8. The molecule has 0 saturated carbocycles. The zero-order valence-electron chi connectivity index (χ0n) is 18.6. The van der Waals surface area contributed by atoms with Crippen molar-refractivity contribution in [3.63, 3.8) is 0 Å². The molecule has 7 nitrogen and oxygen atoms in total. The molecule has 1 heterocycles. The zero-order valence-corrected chi connectivity index (χ0v) is 21.0. The van der Waals surface area contributed by atoms with E-state index in [1.165, 1.54) is 10.6 Å². The normalized spacial score (nSPS) is 11.8. The summed E-state index contributed by atoms with van der Waals surface area (Å²) in [6, 6.07) is 15.2. The first kappa shape index (κ1) is 25.3. The molecule has 0 aliphatic rings. The van der Waals surface area contributed by atoms with E-state index in [2.05, 4.69) is 20.9 Å². The molecule has 3 rings (SSSR count). The molecule has 0 aliphatic heterocycles. The van der Waals surface area contributed by atoms with Gasteiger partial charge in [-0.1, -0.05) is 24.3 Å². The Morgan fingerprint density at radius 1 is 1.06 bits per heavy atom. The quantitative estimate of drug-likeness (QED) is 0.387. The van der Waals surface area contributed by atoms with Gasteiger partial charge >= 0.3 is 0 Å². The molecule has 33 heavy (non-hydrogen) atoms. The highest BCUT2D eigenvalue weighted by atomic mass is 79.9. The molecule has 1 aromatic heterocycles. The SMILES string of the molecule is CS(=O)(=O)N(CCCN)Cc1cccc(-c2ccnc(CCCc3ccc(O)c(Br)c3)n2)c1. The van der Waals surface area contributed by atoms with Crippen LogP contribution in [0.2, 0.25) is 0 Å². The van der Waals surface area contributed by atoms with Crippen LogP contribution in [0.3, 0.4) is 0 Å². The number of aryl methyl sites for hydroxylation is 2. The summed E-state index contributed by atoms with van der Waals surface area (Å²) in [5.41, 5.74) is 9.32. The number of phenols is 1. The van der Waals surface area contributed by atoms with E-state index in [-0.39, 0.29) is 5.75 Å². The van der Waals surface area contributed by atoms with Crippen LogP contribution in [-0.2, 0) is 29.4 Å². The Morgan fingerprint density at radius 3 is 2.61 bits per heavy atom. The molecule has 0 spiro atoms. The van der Waals surface area contributed by atoms with Crippen LogP contribution in [0, 0.1) is 0 Å². The van der Waals surface area contributed by atoms with Gasteiger partial charge in [-0.05, 0) is 77.1 Å². The lowest BCUT2D eigenvalue weighted by molar-refractivity contribution is 0.405. The lowest BCUT2D eigenvalue weighted by Crippen LogP contribution is -2.31. The van der Waals surface area contributed by atoms with Crippen molar-refractivity contribution < 1.29 is 13.5 Å². The summed E-state index contributed by atoms with van der Waals surface area (Å²) in [5.74, 6) is 0.993. The third-order valence-electron chi connectivity index (χ3n) is 5.25. The molecule has 176 valence electrons. The van der Waals surface area contributed by atoms with Crippen molar-refractivity contribution in [1.82, 2.24) is 14.3 Å². The Kier molecular flexibility index (Phi) is 8.96. The van der Waals surface area contributed by atoms with Gasteiger partial charge in [-0.3, -0.25) is 0 Å². The number of nitrogens with zero attached hydrogens (tertiary/aromatic N) is 3. The van der Waals surface area contributed by atoms with Gasteiger partial charge < -0.3 is 10.8 Å². The number of aromatic hydroxyl groups is 1. The average Bonchev–Trinajstić information content (AvgIpc) is 2.79. The number of phenolic OH excluding ortho intramolecular Hbond substituents is 1. The predicted molar refractivity (Wildman–Crippen MR) is 134 cm³/mol. The van der Waals surface area contributed by atoms with Crippen molar-refractivity contribution >= 4 is 26.0 Å². The minimum Gasteiger partial charge on any atom is -0.507 e. The molecule has 3 N–H and O–H groups in total. The molecular formula is C24H29BrN4O3S. The number of hydrogen-bond acceptors (Lipinski definition) is 6. The highest BCUT2D eigenvalue weighted by Gasteiger charge is 2.16. The highest BCUT2D eigenvalue weighted by Crippen LogP contribution is 2.25. The van der Waals surface area contributed by atoms with Crippen LogP contribution >= 0.6 is 15.9 Å². The lowest BCUT2D eigenvalue weighted by atomic mass is 10.1. The predicted octanol–water partition coefficient (Wildman–Crippen LogP) is 3.90. The first-order valence-corrected chi connectivity index (χ1v) is 13.4. The average molecular weight is 533 g/mol. The van der Waals surface area contributed by atoms with E-state index in [1.807, 2.05) is 42.5 Å². The van der Waals surface area contributed by atoms with Gasteiger partial charge in [0.1, 0.15) is 11.6 Å². The third kappa shape index (κ3) is 7.60. The van der Waals surface area contributed by atoms with Gasteiger partial charge in [0.2, 0.25) is 10.0 Å². The van der Waals surface area contributed by atoms with Crippen molar-refractivity contribution in [2.75, 3.05) is 19.3 Å². The first-order chi connectivity index (χ1) is 15.8. The molecule has 2 aromatic carbocycles. The number of halogens is 1. The van der Waals surface area contributed by atoms with Gasteiger partial charge in [0.05, 0.1) is 16.4 Å². The summed E-state index contributed by atoms with van der Waals surface area (Å²) in [7, 11) is -3.32. The van der Waals surface area contributed by atoms with Gasteiger partial charge in [-0.2, -0.15) is 4.31 Å². The summed E-state index contributed by atoms with van der Waals surface area (Å²) >= 11 is 3.35. The minimum absolute atomic E-state index is 0.232. The van der Waals surface area contributed by atoms with Crippen LogP contribution in [0.5, 0.6) is 5.75 Å². The Morgan fingerprint density at radius 2 is 1.88 bits per heavy atom. The topological polar surface area (TPSA) is 109 Å². The molecule has 9 heteroatoms. The number of benzene rings is 2. The van der Waals surface area contributed by atoms with E-state index >= 15 is 0 Å². The van der Waals surface area contributed by atoms with Crippen molar-refractivity contribution in [3.8, 4) is 17.0 Å². The van der Waals surface area contributed by atoms with Crippen molar-refractivity contribution in [3.05, 3.63) is 76.2 Å². The van der Waals surface area contributed by atoms with Crippen molar-refractivity contribution in [1.29, 1.82) is 0 Å². The number of rotatable bonds is 11. The van der Waals surface area contributed by atoms with E-state index in [9.17, 15) is 13.5 Å². The van der Waals surface area contributed by atoms with Gasteiger partial charge in [0, 0.05) is 31.3 Å². The number of nitrogens with two attached hydrogens (primary N) is 1. The fourth-order valence-electron chi connectivity index (χ4n) is 3.50. The molecular weight excluding hydrogens is 504 g/mol. The third-order valence-corrected chi connectivity index (χ3v) is 7.13.